The topological polar surface area (TPSA) is 354 Å². The summed E-state index contributed by atoms with van der Waals surface area (Å²) in [6.45, 7) is 5.00. The van der Waals surface area contributed by atoms with E-state index in [0.29, 0.717) is 78.4 Å². The summed E-state index contributed by atoms with van der Waals surface area (Å²) < 4.78 is 106. The number of carboxylic acid groups (broad SMARTS) is 2. The van der Waals surface area contributed by atoms with Crippen LogP contribution in [0.3, 0.4) is 0 Å². The van der Waals surface area contributed by atoms with Gasteiger partial charge in [0.25, 0.3) is 0 Å². The van der Waals surface area contributed by atoms with Gasteiger partial charge < -0.3 is 78.5 Å². The summed E-state index contributed by atoms with van der Waals surface area (Å²) >= 11 is 0. The molecule has 0 aliphatic heterocycles. The molecule has 6 aromatic heterocycles. The molecule has 578 valence electrons. The number of hydrogen-bond acceptors (Lipinski definition) is 21. The lowest BCUT2D eigenvalue weighted by atomic mass is 9.78. The Morgan fingerprint density at radius 3 is 1.55 bits per heavy atom. The van der Waals surface area contributed by atoms with Gasteiger partial charge in [-0.25, -0.2) is 19.0 Å². The fourth-order valence-corrected chi connectivity index (χ4v) is 12.6. The zero-order valence-electron chi connectivity index (χ0n) is 61.9. The van der Waals surface area contributed by atoms with Crippen molar-refractivity contribution >= 4 is 93.9 Å². The number of pyridine rings is 5. The largest absolute Gasteiger partial charge is 0.497 e. The predicted molar refractivity (Wildman–Crippen MR) is 405 cm³/mol. The Kier molecular flexibility index (Phi) is 26.9. The van der Waals surface area contributed by atoms with Crippen LogP contribution < -0.4 is 59.3 Å². The second-order valence-corrected chi connectivity index (χ2v) is 24.9. The number of hydrogen-bond donors (Lipinski definition) is 7. The third-order valence-electron chi connectivity index (χ3n) is 17.8. The van der Waals surface area contributed by atoms with Gasteiger partial charge in [-0.3, -0.25) is 29.3 Å². The van der Waals surface area contributed by atoms with E-state index in [1.807, 2.05) is 44.2 Å². The van der Waals surface area contributed by atoms with E-state index in [4.69, 9.17) is 52.5 Å². The van der Waals surface area contributed by atoms with Crippen LogP contribution in [0.2, 0.25) is 0 Å². The Labute approximate surface area is 639 Å². The first-order valence-electron chi connectivity index (χ1n) is 34.2. The van der Waals surface area contributed by atoms with Crippen molar-refractivity contribution in [1.82, 2.24) is 40.9 Å². The van der Waals surface area contributed by atoms with Crippen LogP contribution in [0.5, 0.6) is 46.0 Å². The summed E-state index contributed by atoms with van der Waals surface area (Å²) in [5, 5.41) is 45.9. The van der Waals surface area contributed by atoms with Crippen LogP contribution in [0.15, 0.2) is 155 Å². The summed E-state index contributed by atoms with van der Waals surface area (Å²) in [6, 6.07) is 27.7. The molecule has 6 heterocycles. The zero-order chi connectivity index (χ0) is 80.4. The summed E-state index contributed by atoms with van der Waals surface area (Å²) in [5.41, 5.74) is 11.6. The van der Waals surface area contributed by atoms with E-state index in [2.05, 4.69) is 40.9 Å². The minimum Gasteiger partial charge on any atom is -0.497 e. The average Bonchev–Trinajstić information content (AvgIpc) is 1.62. The van der Waals surface area contributed by atoms with Gasteiger partial charge in [0, 0.05) is 53.5 Å². The van der Waals surface area contributed by atoms with Gasteiger partial charge in [0.05, 0.1) is 110 Å². The first-order valence-corrected chi connectivity index (χ1v) is 34.2. The van der Waals surface area contributed by atoms with Crippen LogP contribution in [-0.2, 0) is 43.6 Å². The molecule has 31 heteroatoms. The molecule has 26 nitrogen and oxygen atoms in total. The molecule has 12 rings (SSSR count). The van der Waals surface area contributed by atoms with Gasteiger partial charge >= 0.3 is 19.1 Å². The number of furan rings is 1. The number of carbonyl (C=O) groups excluding carboxylic acids is 3. The number of nitrogens with one attached hydrogen (secondary N) is 3. The molecule has 112 heavy (non-hydrogen) atoms. The average molecular weight is 1540 g/mol. The second-order valence-electron chi connectivity index (χ2n) is 24.9. The molecule has 0 saturated heterocycles. The molecule has 0 radical (unpaired) electrons. The molecule has 3 aromatic carbocycles. The highest BCUT2D eigenvalue weighted by Gasteiger charge is 2.33. The molecule has 0 spiro atoms. The maximum Gasteiger partial charge on any atom is 0.496 e. The van der Waals surface area contributed by atoms with Crippen LogP contribution in [0.1, 0.15) is 107 Å². The number of nitrogens with zero attached hydrogens (tertiary/aromatic N) is 5. The summed E-state index contributed by atoms with van der Waals surface area (Å²) in [5.74, 6) is -4.02. The lowest BCUT2D eigenvalue weighted by Gasteiger charge is -2.15. The van der Waals surface area contributed by atoms with Crippen molar-refractivity contribution in [2.24, 2.45) is 0 Å². The molecule has 0 saturated carbocycles. The summed E-state index contributed by atoms with van der Waals surface area (Å²) in [6.07, 6.45) is 12.8. The van der Waals surface area contributed by atoms with Crippen molar-refractivity contribution < 1.29 is 104 Å². The molecule has 0 unspecified atom stereocenters. The molecule has 3 aliphatic rings. The number of allylic oxidation sites excluding steroid dienone is 6. The van der Waals surface area contributed by atoms with Crippen molar-refractivity contribution in [3.05, 3.63) is 242 Å². The third kappa shape index (κ3) is 19.5. The Morgan fingerprint density at radius 1 is 0.500 bits per heavy atom. The Bertz CT molecular complexity index is 5190. The van der Waals surface area contributed by atoms with Gasteiger partial charge in [-0.05, 0) is 196 Å². The Balaban J connectivity index is 0.000000179. The predicted octanol–water partition coefficient (Wildman–Crippen LogP) is 10.9. The fourth-order valence-electron chi connectivity index (χ4n) is 12.6. The molecule has 0 atom stereocenters. The van der Waals surface area contributed by atoms with Crippen molar-refractivity contribution in [3.8, 4) is 46.0 Å². The highest BCUT2D eigenvalue weighted by molar-refractivity contribution is 6.61. The number of halogens is 4. The summed E-state index contributed by atoms with van der Waals surface area (Å²) in [7, 11) is 6.68. The van der Waals surface area contributed by atoms with Gasteiger partial charge in [0.1, 0.15) is 23.1 Å². The smallest absolute Gasteiger partial charge is 0.496 e. The maximum atomic E-state index is 15.0. The van der Waals surface area contributed by atoms with Crippen molar-refractivity contribution in [2.45, 2.75) is 59.7 Å². The third-order valence-corrected chi connectivity index (χ3v) is 17.8. The number of rotatable bonds is 28. The van der Waals surface area contributed by atoms with Gasteiger partial charge in [-0.1, -0.05) is 12.1 Å². The number of fused-ring (bicyclic) bond motifs is 3. The molecule has 3 aliphatic carbocycles. The van der Waals surface area contributed by atoms with Crippen molar-refractivity contribution in [1.29, 1.82) is 0 Å². The van der Waals surface area contributed by atoms with Crippen LogP contribution in [0.25, 0.3) is 51.7 Å². The first-order chi connectivity index (χ1) is 53.8. The van der Waals surface area contributed by atoms with Crippen molar-refractivity contribution in [3.63, 3.8) is 0 Å². The first kappa shape index (κ1) is 81.1. The monoisotopic (exact) mass is 1530 g/mol. The lowest BCUT2D eigenvalue weighted by molar-refractivity contribution is -0.140. The zero-order valence-corrected chi connectivity index (χ0v) is 61.9. The molecule has 0 bridgehead atoms. The number of aromatic nitrogens is 5. The summed E-state index contributed by atoms with van der Waals surface area (Å²) in [4.78, 5) is 80.1. The number of ether oxygens (including phenoxy) is 8. The van der Waals surface area contributed by atoms with E-state index in [0.717, 1.165) is 40.2 Å². The van der Waals surface area contributed by atoms with E-state index >= 15 is 0 Å². The molecular formula is C81H75BF4N8O18. The minimum absolute atomic E-state index is 0.00954. The van der Waals surface area contributed by atoms with E-state index in [9.17, 15) is 51.6 Å². The minimum atomic E-state index is -1.78. The van der Waals surface area contributed by atoms with Gasteiger partial charge in [0.15, 0.2) is 36.2 Å². The quantitative estimate of drug-likeness (QED) is 0.0136. The fraction of sp³-hybridized carbons (Fsp3) is 0.210. The number of benzene rings is 3. The highest BCUT2D eigenvalue weighted by Crippen LogP contribution is 2.49. The molecule has 9 aromatic rings. The Morgan fingerprint density at radius 2 is 1.03 bits per heavy atom. The maximum absolute atomic E-state index is 15.0. The van der Waals surface area contributed by atoms with Gasteiger partial charge in [0.2, 0.25) is 47.1 Å². The molecular weight excluding hydrogens is 1460 g/mol. The Hall–Kier alpha value is -13.4. The van der Waals surface area contributed by atoms with Gasteiger partial charge in [-0.2, -0.15) is 18.2 Å². The van der Waals surface area contributed by atoms with Crippen LogP contribution in [0, 0.1) is 23.7 Å². The van der Waals surface area contributed by atoms with E-state index in [-0.39, 0.29) is 119 Å². The van der Waals surface area contributed by atoms with Gasteiger partial charge in [-0.15, -0.1) is 0 Å². The van der Waals surface area contributed by atoms with E-state index in [1.54, 1.807) is 98.3 Å². The number of aliphatic carboxylic acids is 2. The normalized spacial score (nSPS) is 13.4. The van der Waals surface area contributed by atoms with E-state index in [1.165, 1.54) is 61.1 Å². The van der Waals surface area contributed by atoms with Crippen LogP contribution in [0.4, 0.5) is 17.6 Å². The van der Waals surface area contributed by atoms with Crippen molar-refractivity contribution in [2.75, 3.05) is 55.9 Å². The molecule has 3 amide bonds. The van der Waals surface area contributed by atoms with Crippen LogP contribution in [-0.4, -0.2) is 138 Å². The lowest BCUT2D eigenvalue weighted by Crippen LogP contribution is -2.32. The standard InChI is InChI=1S/C28H25F2N3O6.C28H26FN3O6.C25H24BFN2O6/c1-15-18(7-17-8-21(37-2)27(22(9-17)38-3)39-14-25(35)36)20-10-23(29)33-28(30)26(20)19(15)11-24(34)32-13-16-5-4-6-31-12-16;1-16-20(12-25(33)31-14-19-6-4-5-7-30-19)22-11-18(29)13-32-27(22)21(16)8-17-9-23(36-2)28(24(10-17)37-3)38-15-26(34)35;1-14-18(9-15-10-20(33-2)24(26(31)32)21(11-15)34-3)17-6-7-22(27)29-25(17)19(14)12-23(30)28-13-16-5-4-8-35-16/h4-10,12H,11,13-14H2,1-3H3,(H,32,34)(H,35,36);4-11,13H,12,14-15H2,1-3H3,(H,31,33)(H,34,35);4-11,31-32H,12-13H2,1-3H3,(H,28,30)/b18-7-;21-8-;18-9-. The number of carbonyl (C=O) groups is 5. The SMILES string of the molecule is COc1cc(/C=C2/C(C)=C(CC(=O)NCc3ccccn3)c3cc(F)cnc32)cc(OC)c1OCC(=O)O.COc1cc(/C=C2/C(C)=C(CC(=O)NCc3cccnc3)c3c2cc(F)nc3F)cc(OC)c1OCC(=O)O.COc1cc(/C=C2/C(C)=C(CC(=O)NCc3ccco3)c3nc(F)ccc32)cc(OC)c1B(O)O. The molecule has 7 N–H and O–H groups in total. The van der Waals surface area contributed by atoms with E-state index < -0.39 is 55.9 Å². The highest BCUT2D eigenvalue weighted by atomic mass is 19.1. The number of amides is 3. The van der Waals surface area contributed by atoms with Crippen LogP contribution >= 0.6 is 0 Å². The molecule has 0 fully saturated rings. The number of methoxy groups -OCH3 is 6. The number of carboxylic acids is 2. The second kappa shape index (κ2) is 37.1.